The Labute approximate surface area is 207 Å². The van der Waals surface area contributed by atoms with Gasteiger partial charge in [0.25, 0.3) is 5.91 Å². The molecule has 0 aromatic carbocycles. The van der Waals surface area contributed by atoms with E-state index < -0.39 is 5.54 Å². The molecule has 2 fully saturated rings. The molecule has 0 bridgehead atoms. The van der Waals surface area contributed by atoms with Crippen LogP contribution in [-0.4, -0.2) is 77.2 Å². The molecule has 1 atom stereocenters. The number of aryl methyl sites for hydroxylation is 1. The van der Waals surface area contributed by atoms with Crippen LogP contribution in [0.15, 0.2) is 16.5 Å². The molecule has 1 saturated carbocycles. The molecule has 35 heavy (non-hydrogen) atoms. The number of rotatable bonds is 6. The largest absolute Gasteiger partial charge is 0.460 e. The van der Waals surface area contributed by atoms with Crippen molar-refractivity contribution in [1.29, 1.82) is 0 Å². The van der Waals surface area contributed by atoms with Crippen LogP contribution in [0.5, 0.6) is 0 Å². The normalized spacial score (nSPS) is 24.9. The zero-order valence-corrected chi connectivity index (χ0v) is 21.3. The molecule has 192 valence electrons. The van der Waals surface area contributed by atoms with Gasteiger partial charge in [-0.05, 0) is 33.1 Å². The van der Waals surface area contributed by atoms with Crippen molar-refractivity contribution in [2.75, 3.05) is 39.4 Å². The summed E-state index contributed by atoms with van der Waals surface area (Å²) in [4.78, 5) is 31.9. The second kappa shape index (κ2) is 10.3. The topological polar surface area (TPSA) is 80.0 Å². The maximum absolute atomic E-state index is 13.9. The Morgan fingerprint density at radius 1 is 1.09 bits per heavy atom. The Morgan fingerprint density at radius 3 is 2.54 bits per heavy atom. The molecule has 3 aliphatic rings. The predicted molar refractivity (Wildman–Crippen MR) is 135 cm³/mol. The van der Waals surface area contributed by atoms with Crippen LogP contribution in [0.25, 0.3) is 11.1 Å². The molecular formula is C27H40N4O4. The molecule has 0 spiro atoms. The highest BCUT2D eigenvalue weighted by Gasteiger charge is 2.48. The highest BCUT2D eigenvalue weighted by Crippen LogP contribution is 2.34. The number of aromatic nitrogens is 1. The van der Waals surface area contributed by atoms with Crippen LogP contribution in [0.4, 0.5) is 0 Å². The van der Waals surface area contributed by atoms with E-state index in [2.05, 4.69) is 10.2 Å². The smallest absolute Gasteiger partial charge is 0.271 e. The standard InChI is InChI=1S/C27H40N4O4/c1-20-17-22-24(35-20)18-23-25(32)31(12-8-11-29-13-15-34-16-14-29)27(2,19-30(22)23)26(33)28-21-9-6-4-3-5-7-10-21/h17-18,21H,3-16,19H2,1-2H3,(H,28,33). The lowest BCUT2D eigenvalue weighted by molar-refractivity contribution is -0.133. The third kappa shape index (κ3) is 5.00. The minimum absolute atomic E-state index is 0.0319. The van der Waals surface area contributed by atoms with Crippen molar-refractivity contribution in [3.05, 3.63) is 23.6 Å². The maximum atomic E-state index is 13.9. The molecule has 2 aromatic rings. The van der Waals surface area contributed by atoms with Crippen molar-refractivity contribution in [1.82, 2.24) is 19.7 Å². The van der Waals surface area contributed by atoms with Gasteiger partial charge in [-0.1, -0.05) is 32.1 Å². The second-order valence-corrected chi connectivity index (χ2v) is 10.8. The van der Waals surface area contributed by atoms with Crippen LogP contribution in [0.2, 0.25) is 0 Å². The van der Waals surface area contributed by atoms with Crippen molar-refractivity contribution in [2.24, 2.45) is 0 Å². The lowest BCUT2D eigenvalue weighted by atomic mass is 9.92. The van der Waals surface area contributed by atoms with E-state index in [0.717, 1.165) is 76.2 Å². The molecule has 8 heteroatoms. The van der Waals surface area contributed by atoms with E-state index in [1.807, 2.05) is 35.4 Å². The Bertz CT molecular complexity index is 1050. The average Bonchev–Trinajstić information content (AvgIpc) is 3.35. The van der Waals surface area contributed by atoms with E-state index in [9.17, 15) is 9.59 Å². The van der Waals surface area contributed by atoms with Gasteiger partial charge in [-0.3, -0.25) is 14.5 Å². The SMILES string of the molecule is Cc1cc2c(cc3n2CC(C)(C(=O)NC2CCCCCCC2)N(CCCN2CCOCC2)C3=O)o1. The zero-order chi connectivity index (χ0) is 24.4. The summed E-state index contributed by atoms with van der Waals surface area (Å²) in [6.45, 7) is 9.11. The first-order valence-electron chi connectivity index (χ1n) is 13.5. The number of carbonyl (C=O) groups excluding carboxylic acids is 2. The minimum atomic E-state index is -0.950. The molecule has 1 aliphatic carbocycles. The lowest BCUT2D eigenvalue weighted by Gasteiger charge is -2.45. The van der Waals surface area contributed by atoms with Crippen LogP contribution in [0.1, 0.15) is 74.5 Å². The van der Waals surface area contributed by atoms with Crippen molar-refractivity contribution in [2.45, 2.75) is 83.3 Å². The molecule has 2 aromatic heterocycles. The number of nitrogens with zero attached hydrogens (tertiary/aromatic N) is 3. The van der Waals surface area contributed by atoms with Gasteiger partial charge in [0.15, 0.2) is 5.58 Å². The summed E-state index contributed by atoms with van der Waals surface area (Å²) >= 11 is 0. The van der Waals surface area contributed by atoms with Crippen LogP contribution in [0, 0.1) is 6.92 Å². The minimum Gasteiger partial charge on any atom is -0.460 e. The van der Waals surface area contributed by atoms with Gasteiger partial charge >= 0.3 is 0 Å². The first-order valence-corrected chi connectivity index (χ1v) is 13.5. The van der Waals surface area contributed by atoms with Gasteiger partial charge in [0.1, 0.15) is 17.0 Å². The molecule has 1 N–H and O–H groups in total. The number of nitrogens with one attached hydrogen (secondary N) is 1. The van der Waals surface area contributed by atoms with Crippen LogP contribution < -0.4 is 5.32 Å². The summed E-state index contributed by atoms with van der Waals surface area (Å²) in [5.41, 5.74) is 1.27. The van der Waals surface area contributed by atoms with Crippen LogP contribution in [0.3, 0.4) is 0 Å². The number of ether oxygens (including phenoxy) is 1. The Kier molecular flexibility index (Phi) is 7.21. The first-order chi connectivity index (χ1) is 17.0. The van der Waals surface area contributed by atoms with Crippen molar-refractivity contribution < 1.29 is 18.7 Å². The number of hydrogen-bond acceptors (Lipinski definition) is 5. The van der Waals surface area contributed by atoms with Crippen LogP contribution in [-0.2, 0) is 16.1 Å². The fourth-order valence-electron chi connectivity index (χ4n) is 6.03. The van der Waals surface area contributed by atoms with Gasteiger partial charge in [0.2, 0.25) is 5.91 Å². The number of carbonyl (C=O) groups is 2. The van der Waals surface area contributed by atoms with Crippen LogP contribution >= 0.6 is 0 Å². The highest BCUT2D eigenvalue weighted by atomic mass is 16.5. The summed E-state index contributed by atoms with van der Waals surface area (Å²) in [6.07, 6.45) is 8.94. The summed E-state index contributed by atoms with van der Waals surface area (Å²) in [7, 11) is 0. The van der Waals surface area contributed by atoms with Gasteiger partial charge in [-0.15, -0.1) is 0 Å². The fourth-order valence-corrected chi connectivity index (χ4v) is 6.03. The van der Waals surface area contributed by atoms with E-state index in [1.165, 1.54) is 19.3 Å². The fraction of sp³-hybridized carbons (Fsp3) is 0.704. The van der Waals surface area contributed by atoms with E-state index in [-0.39, 0.29) is 17.9 Å². The molecule has 2 aliphatic heterocycles. The lowest BCUT2D eigenvalue weighted by Crippen LogP contribution is -2.65. The quantitative estimate of drug-likeness (QED) is 0.676. The number of furan rings is 1. The van der Waals surface area contributed by atoms with E-state index in [4.69, 9.17) is 9.15 Å². The molecule has 5 rings (SSSR count). The second-order valence-electron chi connectivity index (χ2n) is 10.8. The number of amides is 2. The maximum Gasteiger partial charge on any atom is 0.271 e. The predicted octanol–water partition coefficient (Wildman–Crippen LogP) is 3.71. The molecule has 0 radical (unpaired) electrons. The average molecular weight is 485 g/mol. The molecular weight excluding hydrogens is 444 g/mol. The first kappa shape index (κ1) is 24.4. The Hall–Kier alpha value is -2.32. The number of morpholine rings is 1. The Morgan fingerprint density at radius 2 is 1.80 bits per heavy atom. The molecule has 8 nitrogen and oxygen atoms in total. The van der Waals surface area contributed by atoms with Crippen molar-refractivity contribution in [3.63, 3.8) is 0 Å². The summed E-state index contributed by atoms with van der Waals surface area (Å²) in [5, 5.41) is 3.37. The summed E-state index contributed by atoms with van der Waals surface area (Å²) in [6, 6.07) is 3.99. The van der Waals surface area contributed by atoms with Crippen molar-refractivity contribution >= 4 is 22.9 Å². The molecule has 4 heterocycles. The van der Waals surface area contributed by atoms with Gasteiger partial charge < -0.3 is 23.9 Å². The molecule has 1 saturated heterocycles. The summed E-state index contributed by atoms with van der Waals surface area (Å²) < 4.78 is 13.3. The van der Waals surface area contributed by atoms with Gasteiger partial charge in [0, 0.05) is 44.4 Å². The number of hydrogen-bond donors (Lipinski definition) is 1. The third-order valence-electron chi connectivity index (χ3n) is 8.13. The zero-order valence-electron chi connectivity index (χ0n) is 21.3. The third-order valence-corrected chi connectivity index (χ3v) is 8.13. The van der Waals surface area contributed by atoms with Crippen molar-refractivity contribution in [3.8, 4) is 0 Å². The molecule has 2 amide bonds. The van der Waals surface area contributed by atoms with Gasteiger partial charge in [0.05, 0.1) is 25.3 Å². The monoisotopic (exact) mass is 484 g/mol. The van der Waals surface area contributed by atoms with Gasteiger partial charge in [-0.25, -0.2) is 0 Å². The number of fused-ring (bicyclic) bond motifs is 3. The molecule has 1 unspecified atom stereocenters. The van der Waals surface area contributed by atoms with Gasteiger partial charge in [-0.2, -0.15) is 0 Å². The summed E-state index contributed by atoms with van der Waals surface area (Å²) in [5.74, 6) is 0.694. The highest BCUT2D eigenvalue weighted by molar-refractivity contribution is 6.03. The van der Waals surface area contributed by atoms with E-state index in [1.54, 1.807) is 0 Å². The van der Waals surface area contributed by atoms with E-state index in [0.29, 0.717) is 24.4 Å². The van der Waals surface area contributed by atoms with E-state index >= 15 is 0 Å². The Balaban J connectivity index is 1.38.